The van der Waals surface area contributed by atoms with Crippen LogP contribution < -0.4 is 0 Å². The predicted octanol–water partition coefficient (Wildman–Crippen LogP) is 5.68. The van der Waals surface area contributed by atoms with E-state index in [4.69, 9.17) is 27.6 Å². The molecule has 0 aliphatic rings. The van der Waals surface area contributed by atoms with Gasteiger partial charge >= 0.3 is 0 Å². The summed E-state index contributed by atoms with van der Waals surface area (Å²) in [5, 5.41) is 11.0. The molecule has 114 valence electrons. The summed E-state index contributed by atoms with van der Waals surface area (Å²) < 4.78 is 5.71. The lowest BCUT2D eigenvalue weighted by molar-refractivity contribution is 0.465. The van der Waals surface area contributed by atoms with Crippen molar-refractivity contribution in [1.29, 1.82) is 0 Å². The fraction of sp³-hybridized carbons (Fsp3) is 0. The second kappa shape index (κ2) is 5.92. The van der Waals surface area contributed by atoms with Gasteiger partial charge in [-0.3, -0.25) is 0 Å². The molecule has 0 aliphatic carbocycles. The highest BCUT2D eigenvalue weighted by Gasteiger charge is 2.12. The average molecular weight is 362 g/mol. The van der Waals surface area contributed by atoms with Crippen LogP contribution in [-0.2, 0) is 0 Å². The molecular weight excluding hydrogens is 353 g/mol. The number of aromatic amines is 1. The molecule has 0 saturated carbocycles. The quantitative estimate of drug-likeness (QED) is 0.510. The Bertz CT molecular complexity index is 979. The first kappa shape index (κ1) is 14.6. The fourth-order valence-electron chi connectivity index (χ4n) is 2.18. The normalized spacial score (nSPS) is 11.2. The first-order chi connectivity index (χ1) is 11.2. The number of nitrogens with one attached hydrogen (secondary N) is 1. The summed E-state index contributed by atoms with van der Waals surface area (Å²) in [6.07, 6.45) is 0. The van der Waals surface area contributed by atoms with Gasteiger partial charge in [-0.05, 0) is 60.3 Å². The van der Waals surface area contributed by atoms with Gasteiger partial charge in [0.25, 0.3) is 11.1 Å². The van der Waals surface area contributed by atoms with Crippen LogP contribution in [0.1, 0.15) is 0 Å². The van der Waals surface area contributed by atoms with Crippen molar-refractivity contribution in [3.63, 3.8) is 0 Å². The van der Waals surface area contributed by atoms with Gasteiger partial charge < -0.3 is 9.40 Å². The molecule has 0 unspecified atom stereocenters. The van der Waals surface area contributed by atoms with Crippen molar-refractivity contribution in [1.82, 2.24) is 15.2 Å². The maximum atomic E-state index is 6.00. The van der Waals surface area contributed by atoms with Crippen molar-refractivity contribution in [3.8, 4) is 11.6 Å². The topological polar surface area (TPSA) is 54.7 Å². The first-order valence-corrected chi connectivity index (χ1v) is 8.30. The summed E-state index contributed by atoms with van der Waals surface area (Å²) in [7, 11) is 0. The molecule has 4 rings (SSSR count). The van der Waals surface area contributed by atoms with Crippen LogP contribution in [0.5, 0.6) is 0 Å². The molecule has 0 spiro atoms. The van der Waals surface area contributed by atoms with E-state index in [1.165, 1.54) is 11.8 Å². The van der Waals surface area contributed by atoms with E-state index in [1.54, 1.807) is 0 Å². The van der Waals surface area contributed by atoms with Crippen molar-refractivity contribution in [2.75, 3.05) is 0 Å². The van der Waals surface area contributed by atoms with Crippen LogP contribution in [0, 0.1) is 0 Å². The van der Waals surface area contributed by atoms with Crippen LogP contribution in [-0.4, -0.2) is 15.2 Å². The SMILES string of the molecule is Clc1ccc(Sc2nnc(-c3cc4cc(Cl)ccc4[nH]3)o2)cc1. The summed E-state index contributed by atoms with van der Waals surface area (Å²) >= 11 is 13.3. The van der Waals surface area contributed by atoms with E-state index in [9.17, 15) is 0 Å². The Balaban J connectivity index is 1.62. The number of halogens is 2. The van der Waals surface area contributed by atoms with Crippen LogP contribution in [0.2, 0.25) is 10.0 Å². The number of H-pyrrole nitrogens is 1. The lowest BCUT2D eigenvalue weighted by Gasteiger charge is -1.95. The van der Waals surface area contributed by atoms with Crippen LogP contribution in [0.3, 0.4) is 0 Å². The Kier molecular flexibility index (Phi) is 3.77. The lowest BCUT2D eigenvalue weighted by atomic mass is 10.2. The maximum Gasteiger partial charge on any atom is 0.281 e. The Morgan fingerprint density at radius 1 is 0.913 bits per heavy atom. The van der Waals surface area contributed by atoms with E-state index in [-0.39, 0.29) is 0 Å². The maximum absolute atomic E-state index is 6.00. The standard InChI is InChI=1S/C16H9Cl2N3OS/c17-10-1-4-12(5-2-10)23-16-21-20-15(22-16)14-8-9-7-11(18)3-6-13(9)19-14/h1-8,19H. The Hall–Kier alpha value is -1.95. The zero-order chi connectivity index (χ0) is 15.8. The third-order valence-electron chi connectivity index (χ3n) is 3.24. The predicted molar refractivity (Wildman–Crippen MR) is 92.2 cm³/mol. The van der Waals surface area contributed by atoms with E-state index in [0.717, 1.165) is 21.5 Å². The molecule has 4 aromatic rings. The minimum atomic E-state index is 0.439. The molecule has 0 amide bonds. The van der Waals surface area contributed by atoms with E-state index in [2.05, 4.69) is 15.2 Å². The van der Waals surface area contributed by atoms with Crippen molar-refractivity contribution >= 4 is 45.9 Å². The molecule has 2 aromatic carbocycles. The van der Waals surface area contributed by atoms with Gasteiger partial charge in [0.1, 0.15) is 5.69 Å². The van der Waals surface area contributed by atoms with Gasteiger partial charge in [-0.25, -0.2) is 0 Å². The van der Waals surface area contributed by atoms with E-state index in [0.29, 0.717) is 21.2 Å². The molecule has 1 N–H and O–H groups in total. The molecule has 0 bridgehead atoms. The molecule has 0 saturated heterocycles. The summed E-state index contributed by atoms with van der Waals surface area (Å²) in [6, 6.07) is 15.0. The molecule has 4 nitrogen and oxygen atoms in total. The average Bonchev–Trinajstić information content (AvgIpc) is 3.15. The molecule has 0 aliphatic heterocycles. The molecule has 0 fully saturated rings. The van der Waals surface area contributed by atoms with Gasteiger partial charge in [-0.2, -0.15) is 0 Å². The Morgan fingerprint density at radius 3 is 2.52 bits per heavy atom. The number of benzene rings is 2. The Labute approximate surface area is 145 Å². The van der Waals surface area contributed by atoms with Gasteiger partial charge in [-0.15, -0.1) is 10.2 Å². The van der Waals surface area contributed by atoms with Crippen LogP contribution in [0.4, 0.5) is 0 Å². The number of hydrogen-bond acceptors (Lipinski definition) is 4. The van der Waals surface area contributed by atoms with Gasteiger partial charge in [0.15, 0.2) is 0 Å². The van der Waals surface area contributed by atoms with Gasteiger partial charge in [0.2, 0.25) is 0 Å². The summed E-state index contributed by atoms with van der Waals surface area (Å²) in [5.41, 5.74) is 1.73. The minimum absolute atomic E-state index is 0.439. The number of fused-ring (bicyclic) bond motifs is 1. The second-order valence-corrected chi connectivity index (χ2v) is 6.74. The van der Waals surface area contributed by atoms with Crippen LogP contribution in [0.15, 0.2) is 63.1 Å². The number of aromatic nitrogens is 3. The molecule has 2 heterocycles. The number of hydrogen-bond donors (Lipinski definition) is 1. The monoisotopic (exact) mass is 361 g/mol. The van der Waals surface area contributed by atoms with Gasteiger partial charge in [0, 0.05) is 25.8 Å². The zero-order valence-corrected chi connectivity index (χ0v) is 13.9. The first-order valence-electron chi connectivity index (χ1n) is 6.73. The zero-order valence-electron chi connectivity index (χ0n) is 11.6. The van der Waals surface area contributed by atoms with Crippen molar-refractivity contribution in [3.05, 3.63) is 58.6 Å². The summed E-state index contributed by atoms with van der Waals surface area (Å²) in [4.78, 5) is 4.22. The number of nitrogens with zero attached hydrogens (tertiary/aromatic N) is 2. The van der Waals surface area contributed by atoms with E-state index in [1.807, 2.05) is 48.5 Å². The van der Waals surface area contributed by atoms with Crippen molar-refractivity contribution in [2.24, 2.45) is 0 Å². The van der Waals surface area contributed by atoms with E-state index >= 15 is 0 Å². The molecule has 0 atom stereocenters. The smallest absolute Gasteiger partial charge is 0.281 e. The highest BCUT2D eigenvalue weighted by Crippen LogP contribution is 2.31. The highest BCUT2D eigenvalue weighted by molar-refractivity contribution is 7.99. The van der Waals surface area contributed by atoms with Gasteiger partial charge in [-0.1, -0.05) is 23.2 Å². The Morgan fingerprint density at radius 2 is 1.70 bits per heavy atom. The molecule has 0 radical (unpaired) electrons. The highest BCUT2D eigenvalue weighted by atomic mass is 35.5. The lowest BCUT2D eigenvalue weighted by Crippen LogP contribution is -1.76. The second-order valence-electron chi connectivity index (χ2n) is 4.84. The summed E-state index contributed by atoms with van der Waals surface area (Å²) in [6.45, 7) is 0. The molecule has 7 heteroatoms. The van der Waals surface area contributed by atoms with Gasteiger partial charge in [0.05, 0.1) is 0 Å². The molecule has 23 heavy (non-hydrogen) atoms. The fourth-order valence-corrected chi connectivity index (χ4v) is 3.16. The molecular formula is C16H9Cl2N3OS. The summed E-state index contributed by atoms with van der Waals surface area (Å²) in [5.74, 6) is 0.439. The van der Waals surface area contributed by atoms with E-state index < -0.39 is 0 Å². The van der Waals surface area contributed by atoms with Crippen LogP contribution >= 0.6 is 35.0 Å². The van der Waals surface area contributed by atoms with Crippen molar-refractivity contribution < 1.29 is 4.42 Å². The van der Waals surface area contributed by atoms with Crippen LogP contribution in [0.25, 0.3) is 22.5 Å². The number of rotatable bonds is 3. The largest absolute Gasteiger partial charge is 0.409 e. The minimum Gasteiger partial charge on any atom is -0.409 e. The third kappa shape index (κ3) is 3.08. The third-order valence-corrected chi connectivity index (χ3v) is 4.57. The molecule has 2 aromatic heterocycles. The van der Waals surface area contributed by atoms with Crippen molar-refractivity contribution in [2.45, 2.75) is 10.1 Å².